The van der Waals surface area contributed by atoms with Gasteiger partial charge in [-0.2, -0.15) is 26.3 Å². The van der Waals surface area contributed by atoms with Crippen molar-refractivity contribution in [3.05, 3.63) is 0 Å². The van der Waals surface area contributed by atoms with Crippen molar-refractivity contribution >= 4 is 0 Å². The van der Waals surface area contributed by atoms with Crippen molar-refractivity contribution in [1.29, 1.82) is 0 Å². The van der Waals surface area contributed by atoms with Gasteiger partial charge in [-0.1, -0.05) is 0 Å². The van der Waals surface area contributed by atoms with Crippen LogP contribution in [0.15, 0.2) is 0 Å². The van der Waals surface area contributed by atoms with Crippen molar-refractivity contribution in [2.75, 3.05) is 46.3 Å². The lowest BCUT2D eigenvalue weighted by atomic mass is 9.50. The van der Waals surface area contributed by atoms with Crippen molar-refractivity contribution in [1.82, 2.24) is 0 Å². The van der Waals surface area contributed by atoms with Crippen LogP contribution in [-0.4, -0.2) is 117 Å². The molecule has 36 heavy (non-hydrogen) atoms. The molecule has 0 aromatic heterocycles. The van der Waals surface area contributed by atoms with Crippen molar-refractivity contribution in [3.63, 3.8) is 0 Å². The van der Waals surface area contributed by atoms with E-state index in [2.05, 4.69) is 18.9 Å². The van der Waals surface area contributed by atoms with Crippen LogP contribution in [0.2, 0.25) is 0 Å². The lowest BCUT2D eigenvalue weighted by Crippen LogP contribution is -2.98. The Bertz CT molecular complexity index is 875. The standard InChI is InChI=1S/C20H22F10O6/c1-14(34-5-9-2-31-9)12(22)16(24)18(25,26)15(8-21,35-6-10-3-32-10)19(27,28)17(13(14)23,20(16,29)30)36-7-11-4-33-11/h9-13H,2-8H2,1H3. The summed E-state index contributed by atoms with van der Waals surface area (Å²) in [5, 5.41) is 0. The first kappa shape index (κ1) is 26.7. The zero-order valence-corrected chi connectivity index (χ0v) is 18.6. The number of halogens is 10. The molecule has 208 valence electrons. The summed E-state index contributed by atoms with van der Waals surface area (Å²) in [7, 11) is 0. The van der Waals surface area contributed by atoms with Crippen LogP contribution in [0, 0.1) is 0 Å². The van der Waals surface area contributed by atoms with Crippen molar-refractivity contribution in [2.45, 2.75) is 77.8 Å². The van der Waals surface area contributed by atoms with E-state index < -0.39 is 97.4 Å². The van der Waals surface area contributed by atoms with E-state index in [1.165, 1.54) is 0 Å². The quantitative estimate of drug-likeness (QED) is 0.309. The third-order valence-electron chi connectivity index (χ3n) is 7.56. The predicted molar refractivity (Wildman–Crippen MR) is 95.4 cm³/mol. The first-order valence-corrected chi connectivity index (χ1v) is 11.0. The average molecular weight is 548 g/mol. The normalized spacial score (nSPS) is 51.6. The summed E-state index contributed by atoms with van der Waals surface area (Å²) < 4.78 is 185. The Morgan fingerprint density at radius 2 is 1.11 bits per heavy atom. The van der Waals surface area contributed by atoms with Crippen molar-refractivity contribution in [2.24, 2.45) is 0 Å². The molecule has 9 atom stereocenters. The van der Waals surface area contributed by atoms with Crippen LogP contribution < -0.4 is 0 Å². The molecule has 2 aliphatic carbocycles. The average Bonchev–Trinajstić information content (AvgIpc) is 3.66. The van der Waals surface area contributed by atoms with Crippen molar-refractivity contribution < 1.29 is 72.3 Å². The molecule has 0 aromatic rings. The second-order valence-corrected chi connectivity index (χ2v) is 9.84. The Morgan fingerprint density at radius 3 is 1.56 bits per heavy atom. The molecule has 5 rings (SSSR count). The minimum atomic E-state index is -6.28. The molecule has 6 nitrogen and oxygen atoms in total. The summed E-state index contributed by atoms with van der Waals surface area (Å²) >= 11 is 0. The first-order chi connectivity index (χ1) is 16.6. The van der Waals surface area contributed by atoms with E-state index in [-0.39, 0.29) is 26.7 Å². The number of epoxide rings is 3. The van der Waals surface area contributed by atoms with Crippen LogP contribution >= 0.6 is 0 Å². The predicted octanol–water partition coefficient (Wildman–Crippen LogP) is 2.76. The number of hydrogen-bond acceptors (Lipinski definition) is 6. The fourth-order valence-corrected chi connectivity index (χ4v) is 5.03. The summed E-state index contributed by atoms with van der Waals surface area (Å²) in [6.45, 7) is -6.49. The highest BCUT2D eigenvalue weighted by Gasteiger charge is 3.05. The van der Waals surface area contributed by atoms with Gasteiger partial charge in [0.05, 0.1) is 39.6 Å². The first-order valence-electron chi connectivity index (χ1n) is 11.0. The molecule has 9 unspecified atom stereocenters. The van der Waals surface area contributed by atoms with Gasteiger partial charge in [0.1, 0.15) is 30.6 Å². The number of ether oxygens (including phenoxy) is 6. The van der Waals surface area contributed by atoms with Crippen LogP contribution in [0.1, 0.15) is 6.92 Å². The van der Waals surface area contributed by atoms with Crippen LogP contribution in [0.5, 0.6) is 0 Å². The van der Waals surface area contributed by atoms with Crippen LogP contribution in [0.25, 0.3) is 0 Å². The molecule has 5 aliphatic rings. The summed E-state index contributed by atoms with van der Waals surface area (Å²) in [5.41, 5.74) is -19.9. The van der Waals surface area contributed by atoms with Gasteiger partial charge in [-0.25, -0.2) is 17.6 Å². The van der Waals surface area contributed by atoms with E-state index >= 15 is 39.5 Å². The fourth-order valence-electron chi connectivity index (χ4n) is 5.03. The Labute approximate surface area is 197 Å². The van der Waals surface area contributed by atoms with Crippen LogP contribution in [-0.2, 0) is 28.4 Å². The van der Waals surface area contributed by atoms with Gasteiger partial charge in [0.2, 0.25) is 11.2 Å². The van der Waals surface area contributed by atoms with E-state index in [0.717, 1.165) is 0 Å². The Morgan fingerprint density at radius 1 is 0.667 bits per heavy atom. The zero-order chi connectivity index (χ0) is 26.6. The van der Waals surface area contributed by atoms with Gasteiger partial charge in [0.15, 0.2) is 12.3 Å². The summed E-state index contributed by atoms with van der Waals surface area (Å²) in [5.74, 6) is -18.5. The van der Waals surface area contributed by atoms with Gasteiger partial charge in [-0.3, -0.25) is 0 Å². The molecule has 3 saturated heterocycles. The topological polar surface area (TPSA) is 65.3 Å². The molecular formula is C20H22F10O6. The lowest BCUT2D eigenvalue weighted by molar-refractivity contribution is -0.515. The molecule has 16 heteroatoms. The number of rotatable bonds is 10. The van der Waals surface area contributed by atoms with Gasteiger partial charge < -0.3 is 28.4 Å². The monoisotopic (exact) mass is 548 g/mol. The number of hydrogen-bond donors (Lipinski definition) is 0. The third kappa shape index (κ3) is 2.96. The maximum atomic E-state index is 16.2. The summed E-state index contributed by atoms with van der Waals surface area (Å²) in [4.78, 5) is 0. The Kier molecular flexibility index (Phi) is 5.78. The van der Waals surface area contributed by atoms with Gasteiger partial charge in [0, 0.05) is 0 Å². The summed E-state index contributed by atoms with van der Waals surface area (Å²) in [6, 6.07) is 0. The van der Waals surface area contributed by atoms with Gasteiger partial charge in [0.25, 0.3) is 5.67 Å². The number of alkyl halides is 10. The van der Waals surface area contributed by atoms with E-state index in [1.54, 1.807) is 0 Å². The molecule has 3 aliphatic heterocycles. The highest BCUT2D eigenvalue weighted by molar-refractivity contribution is 5.41. The van der Waals surface area contributed by atoms with Crippen LogP contribution in [0.3, 0.4) is 0 Å². The van der Waals surface area contributed by atoms with Gasteiger partial charge in [-0.05, 0) is 6.92 Å². The number of fused-ring (bicyclic) bond motifs is 2. The second kappa shape index (κ2) is 7.81. The molecule has 0 radical (unpaired) electrons. The van der Waals surface area contributed by atoms with E-state index in [1.807, 2.05) is 0 Å². The van der Waals surface area contributed by atoms with E-state index in [0.29, 0.717) is 0 Å². The summed E-state index contributed by atoms with van der Waals surface area (Å²) in [6.07, 6.45) is -11.4. The molecule has 0 aromatic carbocycles. The smallest absolute Gasteiger partial charge is 0.328 e. The molecule has 3 heterocycles. The molecular weight excluding hydrogens is 526 g/mol. The zero-order valence-electron chi connectivity index (χ0n) is 18.6. The Balaban J connectivity index is 1.73. The third-order valence-corrected chi connectivity index (χ3v) is 7.56. The molecule has 2 bridgehead atoms. The van der Waals surface area contributed by atoms with Crippen molar-refractivity contribution in [3.8, 4) is 0 Å². The Hall–Kier alpha value is -0.940. The fraction of sp³-hybridized carbons (Fsp3) is 1.00. The largest absolute Gasteiger partial charge is 0.371 e. The lowest BCUT2D eigenvalue weighted by Gasteiger charge is -2.68. The molecule has 0 N–H and O–H groups in total. The molecule has 0 spiro atoms. The highest BCUT2D eigenvalue weighted by atomic mass is 19.3. The van der Waals surface area contributed by atoms with E-state index in [4.69, 9.17) is 9.47 Å². The highest BCUT2D eigenvalue weighted by Crippen LogP contribution is 2.75. The maximum absolute atomic E-state index is 16.2. The van der Waals surface area contributed by atoms with E-state index in [9.17, 15) is 4.39 Å². The second-order valence-electron chi connectivity index (χ2n) is 9.84. The van der Waals surface area contributed by atoms with Gasteiger partial charge in [-0.15, -0.1) is 0 Å². The van der Waals surface area contributed by atoms with Gasteiger partial charge >= 0.3 is 17.8 Å². The molecule has 0 amide bonds. The minimum Gasteiger partial charge on any atom is -0.371 e. The molecule has 5 fully saturated rings. The van der Waals surface area contributed by atoms with Crippen LogP contribution in [0.4, 0.5) is 43.9 Å². The molecule has 2 saturated carbocycles. The maximum Gasteiger partial charge on any atom is 0.328 e. The SMILES string of the molecule is CC1(OCC2CO2)C(F)C2(F)C(F)(F)C(CF)(OCC3CO3)C(F)(F)C(OCC3CO3)(C1F)C2(F)F. The minimum absolute atomic E-state index is 0.0318.